The lowest BCUT2D eigenvalue weighted by atomic mass is 10.1. The molecule has 138 valence electrons. The van der Waals surface area contributed by atoms with Gasteiger partial charge in [0.05, 0.1) is 6.54 Å². The number of rotatable bonds is 7. The molecule has 1 saturated heterocycles. The third kappa shape index (κ3) is 5.33. The number of nitrogens with one attached hydrogen (secondary N) is 1. The molecule has 26 heavy (non-hydrogen) atoms. The molecule has 4 nitrogen and oxygen atoms in total. The van der Waals surface area contributed by atoms with Crippen molar-refractivity contribution in [3.63, 3.8) is 0 Å². The average molecular weight is 352 g/mol. The van der Waals surface area contributed by atoms with Gasteiger partial charge in [-0.3, -0.25) is 9.69 Å². The SMILES string of the molecule is Cc1cc(C)cc(OCCNC(=O)c2ccc(CN3CCCC3)cc2)c1. The van der Waals surface area contributed by atoms with Gasteiger partial charge in [-0.05, 0) is 80.7 Å². The highest BCUT2D eigenvalue weighted by Crippen LogP contribution is 2.16. The molecule has 2 aromatic rings. The Kier molecular flexibility index (Phi) is 6.29. The summed E-state index contributed by atoms with van der Waals surface area (Å²) in [5.74, 6) is 0.796. The summed E-state index contributed by atoms with van der Waals surface area (Å²) >= 11 is 0. The summed E-state index contributed by atoms with van der Waals surface area (Å²) < 4.78 is 5.73. The van der Waals surface area contributed by atoms with Crippen LogP contribution in [0.2, 0.25) is 0 Å². The second kappa shape index (κ2) is 8.86. The largest absolute Gasteiger partial charge is 0.492 e. The van der Waals surface area contributed by atoms with Crippen molar-refractivity contribution in [1.29, 1.82) is 0 Å². The number of carbonyl (C=O) groups excluding carboxylic acids is 1. The van der Waals surface area contributed by atoms with E-state index in [0.29, 0.717) is 18.7 Å². The van der Waals surface area contributed by atoms with Crippen molar-refractivity contribution in [3.05, 3.63) is 64.7 Å². The predicted molar refractivity (Wildman–Crippen MR) is 105 cm³/mol. The first-order valence-corrected chi connectivity index (χ1v) is 9.41. The van der Waals surface area contributed by atoms with E-state index in [0.717, 1.165) is 12.3 Å². The highest BCUT2D eigenvalue weighted by molar-refractivity contribution is 5.94. The van der Waals surface area contributed by atoms with Gasteiger partial charge < -0.3 is 10.1 Å². The van der Waals surface area contributed by atoms with Gasteiger partial charge in [0.1, 0.15) is 12.4 Å². The summed E-state index contributed by atoms with van der Waals surface area (Å²) in [5, 5.41) is 2.92. The standard InChI is InChI=1S/C22H28N2O2/c1-17-13-18(2)15-21(14-17)26-12-9-23-22(25)20-7-5-19(6-8-20)16-24-10-3-4-11-24/h5-8,13-15H,3-4,9-12,16H2,1-2H3,(H,23,25). The van der Waals surface area contributed by atoms with Crippen molar-refractivity contribution in [1.82, 2.24) is 10.2 Å². The third-order valence-corrected chi connectivity index (χ3v) is 4.67. The smallest absolute Gasteiger partial charge is 0.251 e. The molecule has 0 atom stereocenters. The quantitative estimate of drug-likeness (QED) is 0.773. The summed E-state index contributed by atoms with van der Waals surface area (Å²) in [6, 6.07) is 14.1. The first kappa shape index (κ1) is 18.5. The minimum atomic E-state index is -0.0539. The van der Waals surface area contributed by atoms with E-state index in [2.05, 4.69) is 42.3 Å². The second-order valence-corrected chi connectivity index (χ2v) is 7.11. The summed E-state index contributed by atoms with van der Waals surface area (Å²) in [4.78, 5) is 14.7. The average Bonchev–Trinajstić information content (AvgIpc) is 3.11. The summed E-state index contributed by atoms with van der Waals surface area (Å²) in [5.41, 5.74) is 4.32. The molecule has 4 heteroatoms. The van der Waals surface area contributed by atoms with Gasteiger partial charge >= 0.3 is 0 Å². The zero-order valence-electron chi connectivity index (χ0n) is 15.8. The van der Waals surface area contributed by atoms with Crippen LogP contribution in [0.15, 0.2) is 42.5 Å². The van der Waals surface area contributed by atoms with Crippen LogP contribution in [0.4, 0.5) is 0 Å². The fourth-order valence-electron chi connectivity index (χ4n) is 3.41. The second-order valence-electron chi connectivity index (χ2n) is 7.11. The van der Waals surface area contributed by atoms with Crippen molar-refractivity contribution >= 4 is 5.91 Å². The van der Waals surface area contributed by atoms with Gasteiger partial charge in [0.15, 0.2) is 0 Å². The van der Waals surface area contributed by atoms with Crippen LogP contribution in [0.25, 0.3) is 0 Å². The fraction of sp³-hybridized carbons (Fsp3) is 0.409. The van der Waals surface area contributed by atoms with Gasteiger partial charge in [-0.2, -0.15) is 0 Å². The molecule has 1 aliphatic heterocycles. The number of likely N-dealkylation sites (tertiary alicyclic amines) is 1. The Hall–Kier alpha value is -2.33. The van der Waals surface area contributed by atoms with E-state index in [9.17, 15) is 4.79 Å². The van der Waals surface area contributed by atoms with E-state index in [1.807, 2.05) is 24.3 Å². The van der Waals surface area contributed by atoms with Gasteiger partial charge in [-0.15, -0.1) is 0 Å². The van der Waals surface area contributed by atoms with Crippen LogP contribution in [-0.2, 0) is 6.54 Å². The molecule has 0 radical (unpaired) electrons. The first-order chi connectivity index (χ1) is 12.6. The van der Waals surface area contributed by atoms with E-state index in [-0.39, 0.29) is 5.91 Å². The van der Waals surface area contributed by atoms with Crippen LogP contribution in [0, 0.1) is 13.8 Å². The Morgan fingerprint density at radius 2 is 1.69 bits per heavy atom. The minimum absolute atomic E-state index is 0.0539. The zero-order valence-corrected chi connectivity index (χ0v) is 15.8. The van der Waals surface area contributed by atoms with E-state index >= 15 is 0 Å². The summed E-state index contributed by atoms with van der Waals surface area (Å²) in [6.07, 6.45) is 2.59. The van der Waals surface area contributed by atoms with Gasteiger partial charge in [0, 0.05) is 12.1 Å². The van der Waals surface area contributed by atoms with Crippen molar-refractivity contribution in [2.24, 2.45) is 0 Å². The van der Waals surface area contributed by atoms with Gasteiger partial charge in [0.25, 0.3) is 5.91 Å². The normalized spacial score (nSPS) is 14.4. The van der Waals surface area contributed by atoms with Crippen LogP contribution in [0.3, 0.4) is 0 Å². The van der Waals surface area contributed by atoms with Crippen LogP contribution < -0.4 is 10.1 Å². The molecule has 2 aromatic carbocycles. The molecular formula is C22H28N2O2. The summed E-state index contributed by atoms with van der Waals surface area (Å²) in [7, 11) is 0. The lowest BCUT2D eigenvalue weighted by molar-refractivity contribution is 0.0947. The Labute approximate surface area is 156 Å². The monoisotopic (exact) mass is 352 g/mol. The van der Waals surface area contributed by atoms with Crippen LogP contribution in [-0.4, -0.2) is 37.0 Å². The Balaban J connectivity index is 1.42. The zero-order chi connectivity index (χ0) is 18.4. The molecule has 1 aliphatic rings. The van der Waals surface area contributed by atoms with E-state index in [1.165, 1.54) is 42.6 Å². The maximum atomic E-state index is 12.2. The molecule has 0 unspecified atom stereocenters. The number of aryl methyl sites for hydroxylation is 2. The third-order valence-electron chi connectivity index (χ3n) is 4.67. The number of amides is 1. The predicted octanol–water partition coefficient (Wildman–Crippen LogP) is 3.71. The molecule has 0 aromatic heterocycles. The fourth-order valence-corrected chi connectivity index (χ4v) is 3.41. The van der Waals surface area contributed by atoms with Crippen LogP contribution in [0.5, 0.6) is 5.75 Å². The number of benzene rings is 2. The molecule has 1 fully saturated rings. The molecule has 0 bridgehead atoms. The topological polar surface area (TPSA) is 41.6 Å². The highest BCUT2D eigenvalue weighted by atomic mass is 16.5. The Morgan fingerprint density at radius 1 is 1.04 bits per heavy atom. The van der Waals surface area contributed by atoms with Gasteiger partial charge in [-0.1, -0.05) is 18.2 Å². The molecule has 3 rings (SSSR count). The van der Waals surface area contributed by atoms with E-state index < -0.39 is 0 Å². The van der Waals surface area contributed by atoms with E-state index in [1.54, 1.807) is 0 Å². The number of ether oxygens (including phenoxy) is 1. The number of hydrogen-bond donors (Lipinski definition) is 1. The number of hydrogen-bond acceptors (Lipinski definition) is 3. The van der Waals surface area contributed by atoms with Crippen LogP contribution in [0.1, 0.15) is 39.9 Å². The molecule has 0 aliphatic carbocycles. The van der Waals surface area contributed by atoms with Crippen molar-refractivity contribution in [2.45, 2.75) is 33.2 Å². The van der Waals surface area contributed by atoms with Crippen molar-refractivity contribution in [2.75, 3.05) is 26.2 Å². The van der Waals surface area contributed by atoms with Gasteiger partial charge in [0.2, 0.25) is 0 Å². The number of nitrogens with zero attached hydrogens (tertiary/aromatic N) is 1. The number of carbonyl (C=O) groups is 1. The van der Waals surface area contributed by atoms with Gasteiger partial charge in [-0.25, -0.2) is 0 Å². The maximum absolute atomic E-state index is 12.2. The maximum Gasteiger partial charge on any atom is 0.251 e. The first-order valence-electron chi connectivity index (χ1n) is 9.41. The molecule has 0 spiro atoms. The molecule has 1 amide bonds. The Morgan fingerprint density at radius 3 is 2.35 bits per heavy atom. The lowest BCUT2D eigenvalue weighted by Crippen LogP contribution is -2.28. The molecular weight excluding hydrogens is 324 g/mol. The molecule has 1 N–H and O–H groups in total. The highest BCUT2D eigenvalue weighted by Gasteiger charge is 2.12. The minimum Gasteiger partial charge on any atom is -0.492 e. The summed E-state index contributed by atoms with van der Waals surface area (Å²) in [6.45, 7) is 8.39. The van der Waals surface area contributed by atoms with Crippen LogP contribution >= 0.6 is 0 Å². The molecule has 0 saturated carbocycles. The van der Waals surface area contributed by atoms with E-state index in [4.69, 9.17) is 4.74 Å². The van der Waals surface area contributed by atoms with Crippen molar-refractivity contribution < 1.29 is 9.53 Å². The lowest BCUT2D eigenvalue weighted by Gasteiger charge is -2.14. The van der Waals surface area contributed by atoms with Crippen molar-refractivity contribution in [3.8, 4) is 5.75 Å². The Bertz CT molecular complexity index is 714. The molecule has 1 heterocycles.